The molecule has 0 spiro atoms. The normalized spacial score (nSPS) is 10.2. The Morgan fingerprint density at radius 2 is 2.20 bits per heavy atom. The molecule has 0 aliphatic carbocycles. The minimum Gasteiger partial charge on any atom is -0.319 e. The van der Waals surface area contributed by atoms with Crippen LogP contribution in [-0.2, 0) is 6.42 Å². The lowest BCUT2D eigenvalue weighted by molar-refractivity contribution is 1.12. The van der Waals surface area contributed by atoms with Crippen molar-refractivity contribution in [2.75, 3.05) is 0 Å². The maximum absolute atomic E-state index is 11.1. The number of hydrogen-bond acceptors (Lipinski definition) is 2. The van der Waals surface area contributed by atoms with Gasteiger partial charge in [0.05, 0.1) is 18.1 Å². The molecule has 3 heteroatoms. The zero-order chi connectivity index (χ0) is 10.7. The van der Waals surface area contributed by atoms with Crippen LogP contribution in [0.25, 0.3) is 11.3 Å². The van der Waals surface area contributed by atoms with E-state index in [0.29, 0.717) is 0 Å². The number of nitrogens with zero attached hydrogens (tertiary/aromatic N) is 1. The van der Waals surface area contributed by atoms with E-state index in [0.717, 1.165) is 17.7 Å². The summed E-state index contributed by atoms with van der Waals surface area (Å²) in [6.45, 7) is 2.10. The van der Waals surface area contributed by atoms with Gasteiger partial charge in [-0.1, -0.05) is 25.1 Å². The van der Waals surface area contributed by atoms with E-state index in [2.05, 4.69) is 29.0 Å². The number of rotatable bonds is 2. The fraction of sp³-hybridized carbons (Fsp3) is 0.167. The average molecular weight is 200 g/mol. The lowest BCUT2D eigenvalue weighted by Crippen LogP contribution is -2.05. The topological polar surface area (TPSA) is 45.8 Å². The third-order valence-corrected chi connectivity index (χ3v) is 2.30. The van der Waals surface area contributed by atoms with Crippen molar-refractivity contribution in [2.24, 2.45) is 0 Å². The highest BCUT2D eigenvalue weighted by atomic mass is 16.1. The first-order valence-electron chi connectivity index (χ1n) is 4.93. The first-order chi connectivity index (χ1) is 7.29. The van der Waals surface area contributed by atoms with E-state index in [-0.39, 0.29) is 5.56 Å². The highest BCUT2D eigenvalue weighted by Gasteiger charge is 1.99. The molecular formula is C12H12N2O. The molecule has 0 aliphatic heterocycles. The second-order valence-corrected chi connectivity index (χ2v) is 3.36. The Bertz CT molecular complexity index is 517. The smallest absolute Gasteiger partial charge is 0.266 e. The quantitative estimate of drug-likeness (QED) is 0.805. The van der Waals surface area contributed by atoms with Gasteiger partial charge in [-0.15, -0.1) is 0 Å². The predicted molar refractivity (Wildman–Crippen MR) is 59.7 cm³/mol. The van der Waals surface area contributed by atoms with Crippen molar-refractivity contribution >= 4 is 0 Å². The summed E-state index contributed by atoms with van der Waals surface area (Å²) in [6.07, 6.45) is 3.92. The maximum atomic E-state index is 11.1. The van der Waals surface area contributed by atoms with Crippen LogP contribution in [0.1, 0.15) is 12.5 Å². The number of benzene rings is 1. The molecule has 76 valence electrons. The van der Waals surface area contributed by atoms with Crippen LogP contribution < -0.4 is 5.56 Å². The summed E-state index contributed by atoms with van der Waals surface area (Å²) in [7, 11) is 0. The molecule has 1 aromatic heterocycles. The Morgan fingerprint density at radius 3 is 2.93 bits per heavy atom. The van der Waals surface area contributed by atoms with Crippen molar-refractivity contribution in [2.45, 2.75) is 13.3 Å². The van der Waals surface area contributed by atoms with E-state index in [1.54, 1.807) is 6.20 Å². The number of nitrogens with one attached hydrogen (secondary N) is 1. The molecular weight excluding hydrogens is 188 g/mol. The van der Waals surface area contributed by atoms with E-state index >= 15 is 0 Å². The molecule has 1 heterocycles. The molecule has 0 atom stereocenters. The maximum Gasteiger partial charge on any atom is 0.266 e. The molecule has 1 aromatic carbocycles. The lowest BCUT2D eigenvalue weighted by Gasteiger charge is -2.02. The molecule has 2 aromatic rings. The predicted octanol–water partition coefficient (Wildman–Crippen LogP) is 2.00. The van der Waals surface area contributed by atoms with Crippen LogP contribution in [0, 0.1) is 0 Å². The second-order valence-electron chi connectivity index (χ2n) is 3.36. The molecule has 3 nitrogen and oxygen atoms in total. The minimum atomic E-state index is -0.172. The van der Waals surface area contributed by atoms with Gasteiger partial charge in [-0.2, -0.15) is 0 Å². The molecule has 0 saturated carbocycles. The van der Waals surface area contributed by atoms with E-state index in [1.165, 1.54) is 11.8 Å². The number of aromatic amines is 1. The summed E-state index contributed by atoms with van der Waals surface area (Å²) in [4.78, 5) is 17.7. The molecule has 0 radical (unpaired) electrons. The fourth-order valence-electron chi connectivity index (χ4n) is 1.48. The van der Waals surface area contributed by atoms with Crippen molar-refractivity contribution < 1.29 is 0 Å². The van der Waals surface area contributed by atoms with Crippen molar-refractivity contribution in [1.82, 2.24) is 9.97 Å². The molecule has 15 heavy (non-hydrogen) atoms. The Kier molecular flexibility index (Phi) is 2.63. The first kappa shape index (κ1) is 9.65. The number of aryl methyl sites for hydroxylation is 1. The van der Waals surface area contributed by atoms with E-state index in [1.807, 2.05) is 12.1 Å². The monoisotopic (exact) mass is 200 g/mol. The van der Waals surface area contributed by atoms with E-state index in [4.69, 9.17) is 0 Å². The van der Waals surface area contributed by atoms with Gasteiger partial charge in [0.2, 0.25) is 0 Å². The SMILES string of the molecule is CCc1cccc(-c2cncc(=O)[nH]2)c1. The molecule has 0 aliphatic rings. The molecule has 0 amide bonds. The summed E-state index contributed by atoms with van der Waals surface area (Å²) in [5.74, 6) is 0. The Morgan fingerprint density at radius 1 is 1.33 bits per heavy atom. The Balaban J connectivity index is 2.49. The first-order valence-corrected chi connectivity index (χ1v) is 4.93. The van der Waals surface area contributed by atoms with Crippen LogP contribution in [0.5, 0.6) is 0 Å². The number of H-pyrrole nitrogens is 1. The minimum absolute atomic E-state index is 0.172. The van der Waals surface area contributed by atoms with Gasteiger partial charge >= 0.3 is 0 Å². The lowest BCUT2D eigenvalue weighted by atomic mass is 10.1. The van der Waals surface area contributed by atoms with E-state index in [9.17, 15) is 4.79 Å². The summed E-state index contributed by atoms with van der Waals surface area (Å²) >= 11 is 0. The zero-order valence-corrected chi connectivity index (χ0v) is 8.53. The van der Waals surface area contributed by atoms with Gasteiger partial charge in [0.25, 0.3) is 5.56 Å². The van der Waals surface area contributed by atoms with Crippen LogP contribution in [0.2, 0.25) is 0 Å². The van der Waals surface area contributed by atoms with Crippen LogP contribution in [0.3, 0.4) is 0 Å². The molecule has 0 bridgehead atoms. The molecule has 1 N–H and O–H groups in total. The van der Waals surface area contributed by atoms with Crippen LogP contribution >= 0.6 is 0 Å². The summed E-state index contributed by atoms with van der Waals surface area (Å²) < 4.78 is 0. The van der Waals surface area contributed by atoms with Gasteiger partial charge in [-0.05, 0) is 23.6 Å². The van der Waals surface area contributed by atoms with Crippen molar-refractivity contribution in [3.63, 3.8) is 0 Å². The van der Waals surface area contributed by atoms with Crippen molar-refractivity contribution in [1.29, 1.82) is 0 Å². The summed E-state index contributed by atoms with van der Waals surface area (Å²) in [5.41, 5.74) is 2.84. The van der Waals surface area contributed by atoms with Crippen LogP contribution in [0.4, 0.5) is 0 Å². The van der Waals surface area contributed by atoms with Crippen LogP contribution in [-0.4, -0.2) is 9.97 Å². The average Bonchev–Trinajstić information content (AvgIpc) is 2.29. The van der Waals surface area contributed by atoms with E-state index < -0.39 is 0 Å². The highest BCUT2D eigenvalue weighted by Crippen LogP contribution is 2.16. The molecule has 0 fully saturated rings. The fourth-order valence-corrected chi connectivity index (χ4v) is 1.48. The zero-order valence-electron chi connectivity index (χ0n) is 8.53. The van der Waals surface area contributed by atoms with Gasteiger partial charge in [-0.25, -0.2) is 0 Å². The van der Waals surface area contributed by atoms with Gasteiger partial charge in [-0.3, -0.25) is 9.78 Å². The second kappa shape index (κ2) is 4.09. The van der Waals surface area contributed by atoms with Gasteiger partial charge in [0.15, 0.2) is 0 Å². The Labute approximate surface area is 87.8 Å². The largest absolute Gasteiger partial charge is 0.319 e. The summed E-state index contributed by atoms with van der Waals surface area (Å²) in [6, 6.07) is 8.08. The van der Waals surface area contributed by atoms with Crippen LogP contribution in [0.15, 0.2) is 41.5 Å². The number of aromatic nitrogens is 2. The molecule has 2 rings (SSSR count). The van der Waals surface area contributed by atoms with Crippen molar-refractivity contribution in [3.8, 4) is 11.3 Å². The standard InChI is InChI=1S/C12H12N2O/c1-2-9-4-3-5-10(6-9)11-7-13-8-12(15)14-11/h3-8H,2H2,1H3,(H,14,15). The van der Waals surface area contributed by atoms with Crippen molar-refractivity contribution in [3.05, 3.63) is 52.6 Å². The third kappa shape index (κ3) is 2.13. The van der Waals surface area contributed by atoms with Gasteiger partial charge in [0, 0.05) is 0 Å². The number of hydrogen-bond donors (Lipinski definition) is 1. The van der Waals surface area contributed by atoms with Gasteiger partial charge in [0.1, 0.15) is 0 Å². The summed E-state index contributed by atoms with van der Waals surface area (Å²) in [5, 5.41) is 0. The highest BCUT2D eigenvalue weighted by molar-refractivity contribution is 5.58. The molecule has 0 saturated heterocycles. The van der Waals surface area contributed by atoms with Gasteiger partial charge < -0.3 is 4.98 Å². The Hall–Kier alpha value is -1.90. The molecule has 0 unspecified atom stereocenters. The third-order valence-electron chi connectivity index (χ3n) is 2.30.